The van der Waals surface area contributed by atoms with Crippen molar-refractivity contribution in [2.24, 2.45) is 0 Å². The first-order valence-electron chi connectivity index (χ1n) is 11.0. The van der Waals surface area contributed by atoms with Gasteiger partial charge in [0.1, 0.15) is 12.4 Å². The van der Waals surface area contributed by atoms with E-state index in [1.807, 2.05) is 0 Å². The molecule has 3 rings (SSSR count). The maximum Gasteiger partial charge on any atom is 0.417 e. The lowest BCUT2D eigenvalue weighted by Gasteiger charge is -2.25. The molecule has 0 bridgehead atoms. The smallest absolute Gasteiger partial charge is 0.354 e. The molecule has 0 saturated heterocycles. The van der Waals surface area contributed by atoms with Gasteiger partial charge in [-0.1, -0.05) is 47.0 Å². The molecule has 0 unspecified atom stereocenters. The molecule has 0 aliphatic heterocycles. The van der Waals surface area contributed by atoms with Crippen LogP contribution in [0, 0.1) is 12.7 Å². The summed E-state index contributed by atoms with van der Waals surface area (Å²) in [7, 11) is -4.42. The maximum atomic E-state index is 13.9. The summed E-state index contributed by atoms with van der Waals surface area (Å²) in [5.41, 5.74) is -0.511. The van der Waals surface area contributed by atoms with Gasteiger partial charge in [-0.2, -0.15) is 24.9 Å². The zero-order valence-corrected chi connectivity index (χ0v) is 23.0. The molecule has 0 aliphatic rings. The number of hydrogen-bond donors (Lipinski definition) is 1. The van der Waals surface area contributed by atoms with Crippen LogP contribution in [-0.4, -0.2) is 33.2 Å². The lowest BCUT2D eigenvalue weighted by molar-refractivity contribution is -0.137. The van der Waals surface area contributed by atoms with Gasteiger partial charge in [-0.25, -0.2) is 12.8 Å². The number of halogens is 6. The number of nitrogens with zero attached hydrogens (tertiary/aromatic N) is 1. The predicted octanol–water partition coefficient (Wildman–Crippen LogP) is 6.70. The second-order valence-electron chi connectivity index (χ2n) is 8.09. The third-order valence-corrected chi connectivity index (χ3v) is 8.77. The Balaban J connectivity index is 1.77. The van der Waals surface area contributed by atoms with Crippen LogP contribution in [0.3, 0.4) is 0 Å². The molecule has 0 radical (unpaired) electrons. The molecule has 38 heavy (non-hydrogen) atoms. The van der Waals surface area contributed by atoms with Gasteiger partial charge in [0.2, 0.25) is 5.91 Å². The number of carbonyl (C=O) groups excluding carboxylic acids is 1. The molecular weight excluding hydrogens is 587 g/mol. The van der Waals surface area contributed by atoms with Crippen LogP contribution in [0.5, 0.6) is 0 Å². The van der Waals surface area contributed by atoms with Crippen LogP contribution in [0.4, 0.5) is 23.2 Å². The third-order valence-electron chi connectivity index (χ3n) is 5.32. The number of nitrogens with one attached hydrogen (secondary N) is 1. The van der Waals surface area contributed by atoms with E-state index in [4.69, 9.17) is 23.2 Å². The Bertz CT molecular complexity index is 1380. The summed E-state index contributed by atoms with van der Waals surface area (Å²) >= 11 is 13.0. The number of benzene rings is 3. The van der Waals surface area contributed by atoms with E-state index in [1.54, 1.807) is 13.0 Å². The second kappa shape index (κ2) is 12.6. The Hall–Kier alpha value is -2.47. The van der Waals surface area contributed by atoms with E-state index in [0.717, 1.165) is 17.7 Å². The summed E-state index contributed by atoms with van der Waals surface area (Å²) < 4.78 is 81.7. The van der Waals surface area contributed by atoms with Crippen molar-refractivity contribution in [3.05, 3.63) is 93.2 Å². The number of hydrogen-bond acceptors (Lipinski definition) is 4. The topological polar surface area (TPSA) is 66.5 Å². The van der Waals surface area contributed by atoms with Crippen molar-refractivity contribution >= 4 is 56.6 Å². The molecule has 1 amide bonds. The largest absolute Gasteiger partial charge is 0.417 e. The molecule has 0 atom stereocenters. The molecule has 0 aliphatic carbocycles. The molecule has 0 fully saturated rings. The van der Waals surface area contributed by atoms with Gasteiger partial charge in [0.05, 0.1) is 21.2 Å². The van der Waals surface area contributed by atoms with Crippen molar-refractivity contribution in [1.29, 1.82) is 0 Å². The van der Waals surface area contributed by atoms with Gasteiger partial charge < -0.3 is 5.32 Å². The van der Waals surface area contributed by atoms with Crippen LogP contribution in [0.1, 0.15) is 16.7 Å². The van der Waals surface area contributed by atoms with E-state index < -0.39 is 45.1 Å². The number of aryl methyl sites for hydroxylation is 1. The highest BCUT2D eigenvalue weighted by Gasteiger charge is 2.35. The summed E-state index contributed by atoms with van der Waals surface area (Å²) in [6, 6.07) is 12.6. The van der Waals surface area contributed by atoms with Crippen LogP contribution in [0.15, 0.2) is 65.6 Å². The zero-order chi connectivity index (χ0) is 28.1. The van der Waals surface area contributed by atoms with Crippen LogP contribution in [0.2, 0.25) is 10.0 Å². The van der Waals surface area contributed by atoms with Gasteiger partial charge in [0.15, 0.2) is 0 Å². The number of sulfonamides is 1. The van der Waals surface area contributed by atoms with Crippen LogP contribution >= 0.6 is 35.0 Å². The molecule has 0 saturated carbocycles. The Labute approximate surface area is 232 Å². The molecule has 3 aromatic carbocycles. The molecule has 204 valence electrons. The summed E-state index contributed by atoms with van der Waals surface area (Å²) in [6.07, 6.45) is -4.84. The van der Waals surface area contributed by atoms with Crippen molar-refractivity contribution in [2.45, 2.75) is 23.7 Å². The first kappa shape index (κ1) is 30.1. The van der Waals surface area contributed by atoms with Gasteiger partial charge in [0.25, 0.3) is 10.0 Å². The normalized spacial score (nSPS) is 11.9. The number of alkyl halides is 3. The van der Waals surface area contributed by atoms with Gasteiger partial charge in [-0.05, 0) is 49.4 Å². The van der Waals surface area contributed by atoms with Crippen LogP contribution < -0.4 is 9.62 Å². The molecule has 13 heteroatoms. The highest BCUT2D eigenvalue weighted by atomic mass is 35.5. The van der Waals surface area contributed by atoms with Gasteiger partial charge in [0, 0.05) is 28.6 Å². The van der Waals surface area contributed by atoms with E-state index in [2.05, 4.69) is 5.32 Å². The molecule has 0 spiro atoms. The molecule has 0 heterocycles. The van der Waals surface area contributed by atoms with Gasteiger partial charge in [-0.3, -0.25) is 9.10 Å². The average molecular weight is 609 g/mol. The predicted molar refractivity (Wildman–Crippen MR) is 143 cm³/mol. The number of amides is 1. The zero-order valence-electron chi connectivity index (χ0n) is 19.9. The lowest BCUT2D eigenvalue weighted by atomic mass is 10.2. The summed E-state index contributed by atoms with van der Waals surface area (Å²) in [6.45, 7) is 1.07. The minimum absolute atomic E-state index is 0.0996. The molecule has 5 nitrogen and oxygen atoms in total. The number of carbonyl (C=O) groups is 1. The number of rotatable bonds is 10. The highest BCUT2D eigenvalue weighted by molar-refractivity contribution is 7.98. The Morgan fingerprint density at radius 2 is 1.71 bits per heavy atom. The average Bonchev–Trinajstić information content (AvgIpc) is 2.84. The van der Waals surface area contributed by atoms with E-state index in [9.17, 15) is 30.8 Å². The monoisotopic (exact) mass is 608 g/mol. The fraction of sp³-hybridized carbons (Fsp3) is 0.240. The van der Waals surface area contributed by atoms with Crippen molar-refractivity contribution in [2.75, 3.05) is 23.1 Å². The summed E-state index contributed by atoms with van der Waals surface area (Å²) in [4.78, 5) is 12.5. The molecule has 3 aromatic rings. The fourth-order valence-electron chi connectivity index (χ4n) is 3.33. The number of anilines is 1. The van der Waals surface area contributed by atoms with E-state index in [-0.39, 0.29) is 27.9 Å². The SMILES string of the molecule is Cc1ccc(S(=O)(=O)N(CC(=O)NCCSCc2c(F)cccc2Cl)c2ccc(Cl)c(C(F)(F)F)c2)cc1. The first-order valence-corrected chi connectivity index (χ1v) is 14.4. The Kier molecular flexibility index (Phi) is 9.96. The van der Waals surface area contributed by atoms with Crippen molar-refractivity contribution in [1.82, 2.24) is 5.32 Å². The minimum Gasteiger partial charge on any atom is -0.354 e. The van der Waals surface area contributed by atoms with Crippen LogP contribution in [-0.2, 0) is 26.7 Å². The Morgan fingerprint density at radius 1 is 1.03 bits per heavy atom. The number of thioether (sulfide) groups is 1. The molecule has 0 aromatic heterocycles. The first-order chi connectivity index (χ1) is 17.8. The maximum absolute atomic E-state index is 13.9. The van der Waals surface area contributed by atoms with Crippen molar-refractivity contribution < 1.29 is 30.8 Å². The lowest BCUT2D eigenvalue weighted by Crippen LogP contribution is -2.41. The van der Waals surface area contributed by atoms with Gasteiger partial charge in [-0.15, -0.1) is 0 Å². The van der Waals surface area contributed by atoms with Crippen molar-refractivity contribution in [3.8, 4) is 0 Å². The van der Waals surface area contributed by atoms with Gasteiger partial charge >= 0.3 is 6.18 Å². The minimum atomic E-state index is -4.84. The summed E-state index contributed by atoms with van der Waals surface area (Å²) in [5, 5.41) is 2.22. The highest BCUT2D eigenvalue weighted by Crippen LogP contribution is 2.38. The third kappa shape index (κ3) is 7.56. The quantitative estimate of drug-likeness (QED) is 0.205. The second-order valence-corrected chi connectivity index (χ2v) is 11.9. The van der Waals surface area contributed by atoms with E-state index >= 15 is 0 Å². The molecular formula is C25H22Cl2F4N2O3S2. The van der Waals surface area contributed by atoms with E-state index in [0.29, 0.717) is 21.7 Å². The van der Waals surface area contributed by atoms with E-state index in [1.165, 1.54) is 48.2 Å². The fourth-order valence-corrected chi connectivity index (χ4v) is 6.17. The Morgan fingerprint density at radius 3 is 2.34 bits per heavy atom. The van der Waals surface area contributed by atoms with Crippen molar-refractivity contribution in [3.63, 3.8) is 0 Å². The molecule has 1 N–H and O–H groups in total. The van der Waals surface area contributed by atoms with Crippen LogP contribution in [0.25, 0.3) is 0 Å². The summed E-state index contributed by atoms with van der Waals surface area (Å²) in [5.74, 6) is -0.596. The standard InChI is InChI=1S/C25H22Cl2F4N2O3S2/c1-16-5-8-18(9-6-16)38(35,36)33(17-7-10-22(27)20(13-17)25(29,30)31)14-24(34)32-11-12-37-15-19-21(26)3-2-4-23(19)28/h2-10,13H,11-12,14-15H2,1H3,(H,32,34).